The molecule has 0 radical (unpaired) electrons. The van der Waals surface area contributed by atoms with Gasteiger partial charge in [0.15, 0.2) is 0 Å². The van der Waals surface area contributed by atoms with E-state index in [1.807, 2.05) is 49.6 Å². The van der Waals surface area contributed by atoms with Crippen molar-refractivity contribution >= 4 is 22.6 Å². The summed E-state index contributed by atoms with van der Waals surface area (Å²) in [6.07, 6.45) is 7.29. The molecule has 0 saturated carbocycles. The van der Waals surface area contributed by atoms with Gasteiger partial charge >= 0.3 is 0 Å². The summed E-state index contributed by atoms with van der Waals surface area (Å²) in [5.41, 5.74) is 2.47. The number of fused-ring (bicyclic) bond motifs is 1. The van der Waals surface area contributed by atoms with Gasteiger partial charge < -0.3 is 15.0 Å². The Morgan fingerprint density at radius 3 is 2.61 bits per heavy atom. The molecule has 3 heterocycles. The lowest BCUT2D eigenvalue weighted by Gasteiger charge is -2.34. The number of nitrogens with zero attached hydrogens (tertiary/aromatic N) is 5. The van der Waals surface area contributed by atoms with Gasteiger partial charge in [0.05, 0.1) is 24.8 Å². The lowest BCUT2D eigenvalue weighted by atomic mass is 10.1. The second kappa shape index (κ2) is 12.7. The summed E-state index contributed by atoms with van der Waals surface area (Å²) in [7, 11) is 0. The van der Waals surface area contributed by atoms with Crippen LogP contribution in [-0.4, -0.2) is 71.7 Å². The van der Waals surface area contributed by atoms with Gasteiger partial charge in [-0.2, -0.15) is 0 Å². The minimum atomic E-state index is -0.100. The SMILES string of the molecule is CCCCCN(CC)c1ccc2c(C(=O)NCC(c3cnc(C)nc3)N3CCOCC3)cccc2n1. The van der Waals surface area contributed by atoms with Crippen molar-refractivity contribution in [1.82, 2.24) is 25.2 Å². The zero-order valence-corrected chi connectivity index (χ0v) is 21.7. The molecule has 1 amide bonds. The summed E-state index contributed by atoms with van der Waals surface area (Å²) in [5.74, 6) is 1.60. The van der Waals surface area contributed by atoms with Gasteiger partial charge in [-0.25, -0.2) is 15.0 Å². The highest BCUT2D eigenvalue weighted by atomic mass is 16.5. The number of unbranched alkanes of at least 4 members (excludes halogenated alkanes) is 2. The van der Waals surface area contributed by atoms with Gasteiger partial charge in [0, 0.05) is 61.6 Å². The smallest absolute Gasteiger partial charge is 0.252 e. The van der Waals surface area contributed by atoms with Gasteiger partial charge in [-0.15, -0.1) is 0 Å². The third-order valence-corrected chi connectivity index (χ3v) is 6.83. The van der Waals surface area contributed by atoms with Crippen LogP contribution in [0.5, 0.6) is 0 Å². The van der Waals surface area contributed by atoms with E-state index in [2.05, 4.69) is 38.9 Å². The molecule has 3 aromatic rings. The van der Waals surface area contributed by atoms with Gasteiger partial charge in [0.25, 0.3) is 5.91 Å². The Kier molecular flexibility index (Phi) is 9.19. The number of hydrogen-bond acceptors (Lipinski definition) is 7. The molecule has 36 heavy (non-hydrogen) atoms. The second-order valence-corrected chi connectivity index (χ2v) is 9.27. The Morgan fingerprint density at radius 2 is 1.89 bits per heavy atom. The molecule has 1 unspecified atom stereocenters. The predicted molar refractivity (Wildman–Crippen MR) is 143 cm³/mol. The van der Waals surface area contributed by atoms with E-state index in [1.165, 1.54) is 12.8 Å². The molecule has 2 aromatic heterocycles. The maximum Gasteiger partial charge on any atom is 0.252 e. The van der Waals surface area contributed by atoms with Crippen LogP contribution in [0.15, 0.2) is 42.7 Å². The summed E-state index contributed by atoms with van der Waals surface area (Å²) in [6, 6.07) is 9.82. The fourth-order valence-electron chi connectivity index (χ4n) is 4.71. The lowest BCUT2D eigenvalue weighted by Crippen LogP contribution is -2.44. The molecule has 4 rings (SSSR count). The first-order valence-corrected chi connectivity index (χ1v) is 13.1. The van der Waals surface area contributed by atoms with Crippen LogP contribution in [0.25, 0.3) is 10.9 Å². The highest BCUT2D eigenvalue weighted by Crippen LogP contribution is 2.24. The van der Waals surface area contributed by atoms with Crippen molar-refractivity contribution in [2.24, 2.45) is 0 Å². The zero-order chi connectivity index (χ0) is 25.3. The van der Waals surface area contributed by atoms with Crippen molar-refractivity contribution < 1.29 is 9.53 Å². The van der Waals surface area contributed by atoms with Crippen LogP contribution >= 0.6 is 0 Å². The van der Waals surface area contributed by atoms with E-state index < -0.39 is 0 Å². The van der Waals surface area contributed by atoms with Crippen LogP contribution in [0.2, 0.25) is 0 Å². The molecule has 8 nitrogen and oxygen atoms in total. The second-order valence-electron chi connectivity index (χ2n) is 9.27. The largest absolute Gasteiger partial charge is 0.379 e. The van der Waals surface area contributed by atoms with E-state index in [1.54, 1.807) is 0 Å². The third kappa shape index (κ3) is 6.36. The Bertz CT molecular complexity index is 1130. The number of aryl methyl sites for hydroxylation is 1. The number of carbonyl (C=O) groups excluding carboxylic acids is 1. The molecule has 1 N–H and O–H groups in total. The normalized spacial score (nSPS) is 15.1. The first-order chi connectivity index (χ1) is 17.6. The number of morpholine rings is 1. The minimum absolute atomic E-state index is 0.0145. The van der Waals surface area contributed by atoms with Crippen molar-refractivity contribution in [2.45, 2.75) is 46.1 Å². The highest BCUT2D eigenvalue weighted by molar-refractivity contribution is 6.06. The van der Waals surface area contributed by atoms with E-state index in [-0.39, 0.29) is 11.9 Å². The quantitative estimate of drug-likeness (QED) is 0.404. The van der Waals surface area contributed by atoms with E-state index in [0.29, 0.717) is 25.3 Å². The van der Waals surface area contributed by atoms with Crippen molar-refractivity contribution in [3.63, 3.8) is 0 Å². The number of pyridine rings is 1. The molecule has 1 saturated heterocycles. The fourth-order valence-corrected chi connectivity index (χ4v) is 4.71. The van der Waals surface area contributed by atoms with Gasteiger partial charge in [0.1, 0.15) is 11.6 Å². The predicted octanol–water partition coefficient (Wildman–Crippen LogP) is 4.15. The first-order valence-electron chi connectivity index (χ1n) is 13.1. The summed E-state index contributed by atoms with van der Waals surface area (Å²) < 4.78 is 5.54. The monoisotopic (exact) mass is 490 g/mol. The number of aromatic nitrogens is 3. The number of carbonyl (C=O) groups is 1. The van der Waals surface area contributed by atoms with Crippen LogP contribution in [0.1, 0.15) is 60.9 Å². The Morgan fingerprint density at radius 1 is 1.11 bits per heavy atom. The molecule has 0 spiro atoms. The molecular formula is C28H38N6O2. The van der Waals surface area contributed by atoms with Gasteiger partial charge in [-0.1, -0.05) is 25.8 Å². The summed E-state index contributed by atoms with van der Waals surface area (Å²) in [6.45, 7) is 11.6. The van der Waals surface area contributed by atoms with Crippen LogP contribution in [0.3, 0.4) is 0 Å². The molecule has 1 atom stereocenters. The molecule has 1 aliphatic rings. The Labute approximate surface area is 214 Å². The van der Waals surface area contributed by atoms with Crippen molar-refractivity contribution in [1.29, 1.82) is 0 Å². The third-order valence-electron chi connectivity index (χ3n) is 6.83. The van der Waals surface area contributed by atoms with Crippen LogP contribution in [0.4, 0.5) is 5.82 Å². The number of hydrogen-bond donors (Lipinski definition) is 1. The average Bonchev–Trinajstić information content (AvgIpc) is 2.92. The van der Waals surface area contributed by atoms with E-state index in [0.717, 1.165) is 60.7 Å². The molecule has 1 aliphatic heterocycles. The van der Waals surface area contributed by atoms with Crippen molar-refractivity contribution in [2.75, 3.05) is 50.8 Å². The van der Waals surface area contributed by atoms with Gasteiger partial charge in [-0.05, 0) is 44.5 Å². The maximum atomic E-state index is 13.4. The van der Waals surface area contributed by atoms with Gasteiger partial charge in [0.2, 0.25) is 0 Å². The Balaban J connectivity index is 1.51. The zero-order valence-electron chi connectivity index (χ0n) is 21.7. The van der Waals surface area contributed by atoms with Crippen molar-refractivity contribution in [3.8, 4) is 0 Å². The lowest BCUT2D eigenvalue weighted by molar-refractivity contribution is 0.0161. The number of rotatable bonds is 11. The maximum absolute atomic E-state index is 13.4. The average molecular weight is 491 g/mol. The summed E-state index contributed by atoms with van der Waals surface area (Å²) >= 11 is 0. The van der Waals surface area contributed by atoms with Crippen molar-refractivity contribution in [3.05, 3.63) is 59.7 Å². The number of anilines is 1. The number of nitrogens with one attached hydrogen (secondary N) is 1. The first kappa shape index (κ1) is 26.0. The Hall–Kier alpha value is -3.10. The molecule has 1 aromatic carbocycles. The summed E-state index contributed by atoms with van der Waals surface area (Å²) in [4.78, 5) is 31.6. The molecule has 0 aliphatic carbocycles. The standard InChI is InChI=1S/C28H38N6O2/c1-4-6-7-13-33(5-2)27-12-11-23-24(9-8-10-25(23)32-27)28(35)31-20-26(34-14-16-36-17-15-34)22-18-29-21(3)30-19-22/h8-12,18-19,26H,4-7,13-17,20H2,1-3H3,(H,31,35). The topological polar surface area (TPSA) is 83.5 Å². The van der Waals surface area contributed by atoms with E-state index in [4.69, 9.17) is 9.72 Å². The molecular weight excluding hydrogens is 452 g/mol. The molecule has 0 bridgehead atoms. The fraction of sp³-hybridized carbons (Fsp3) is 0.500. The van der Waals surface area contributed by atoms with Crippen LogP contribution in [0, 0.1) is 6.92 Å². The number of benzene rings is 1. The summed E-state index contributed by atoms with van der Waals surface area (Å²) in [5, 5.41) is 4.04. The number of amides is 1. The van der Waals surface area contributed by atoms with E-state index in [9.17, 15) is 4.79 Å². The molecule has 8 heteroatoms. The van der Waals surface area contributed by atoms with Crippen LogP contribution in [-0.2, 0) is 4.74 Å². The number of ether oxygens (including phenoxy) is 1. The van der Waals surface area contributed by atoms with Crippen LogP contribution < -0.4 is 10.2 Å². The minimum Gasteiger partial charge on any atom is -0.379 e. The van der Waals surface area contributed by atoms with Gasteiger partial charge in [-0.3, -0.25) is 9.69 Å². The molecule has 1 fully saturated rings. The molecule has 192 valence electrons. The van der Waals surface area contributed by atoms with E-state index >= 15 is 0 Å². The highest BCUT2D eigenvalue weighted by Gasteiger charge is 2.24.